The van der Waals surface area contributed by atoms with Crippen LogP contribution in [0.4, 0.5) is 5.82 Å². The van der Waals surface area contributed by atoms with Crippen molar-refractivity contribution in [3.05, 3.63) is 29.5 Å². The van der Waals surface area contributed by atoms with E-state index in [2.05, 4.69) is 26.0 Å². The van der Waals surface area contributed by atoms with Crippen molar-refractivity contribution in [1.29, 1.82) is 0 Å². The number of nitrogens with zero attached hydrogens (tertiary/aromatic N) is 6. The zero-order valence-electron chi connectivity index (χ0n) is 16.5. The predicted octanol–water partition coefficient (Wildman–Crippen LogP) is 1.84. The molecule has 2 bridgehead atoms. The van der Waals surface area contributed by atoms with E-state index in [-0.39, 0.29) is 12.1 Å². The van der Waals surface area contributed by atoms with Crippen LogP contribution in [0.2, 0.25) is 0 Å². The van der Waals surface area contributed by atoms with Crippen molar-refractivity contribution in [2.24, 2.45) is 0 Å². The van der Waals surface area contributed by atoms with Crippen molar-refractivity contribution >= 4 is 15.8 Å². The molecule has 5 heterocycles. The van der Waals surface area contributed by atoms with E-state index in [1.165, 1.54) is 12.8 Å². The fourth-order valence-corrected chi connectivity index (χ4v) is 6.95. The molecule has 0 N–H and O–H groups in total. The first-order chi connectivity index (χ1) is 13.4. The molecule has 150 valence electrons. The number of piperidine rings is 1. The van der Waals surface area contributed by atoms with Crippen molar-refractivity contribution < 1.29 is 8.42 Å². The van der Waals surface area contributed by atoms with Crippen LogP contribution in [0.1, 0.15) is 49.2 Å². The maximum atomic E-state index is 13.4. The molecule has 6 rings (SSSR count). The van der Waals surface area contributed by atoms with Gasteiger partial charge in [-0.1, -0.05) is 0 Å². The van der Waals surface area contributed by atoms with Gasteiger partial charge in [0.1, 0.15) is 17.0 Å². The van der Waals surface area contributed by atoms with Gasteiger partial charge in [0, 0.05) is 49.4 Å². The molecule has 0 amide bonds. The molecule has 2 aromatic rings. The van der Waals surface area contributed by atoms with Crippen molar-refractivity contribution in [3.8, 4) is 0 Å². The highest BCUT2D eigenvalue weighted by atomic mass is 32.2. The number of hydrogen-bond acceptors (Lipinski definition) is 6. The normalized spacial score (nSPS) is 25.0. The minimum absolute atomic E-state index is 0.00753. The Labute approximate surface area is 165 Å². The highest BCUT2D eigenvalue weighted by Gasteiger charge is 2.52. The van der Waals surface area contributed by atoms with Crippen LogP contribution in [-0.4, -0.2) is 57.6 Å². The summed E-state index contributed by atoms with van der Waals surface area (Å²) < 4.78 is 30.3. The van der Waals surface area contributed by atoms with Crippen molar-refractivity contribution in [1.82, 2.24) is 24.1 Å². The first-order valence-electron chi connectivity index (χ1n) is 10.0. The van der Waals surface area contributed by atoms with Gasteiger partial charge < -0.3 is 4.90 Å². The molecule has 3 saturated heterocycles. The molecule has 9 heteroatoms. The quantitative estimate of drug-likeness (QED) is 0.759. The minimum Gasteiger partial charge on any atom is -0.353 e. The molecule has 4 aliphatic rings. The van der Waals surface area contributed by atoms with Crippen LogP contribution < -0.4 is 4.90 Å². The Hall–Kier alpha value is -2.00. The average Bonchev–Trinajstić information content (AvgIpc) is 3.46. The Morgan fingerprint density at radius 3 is 2.46 bits per heavy atom. The van der Waals surface area contributed by atoms with Crippen LogP contribution in [0.15, 0.2) is 17.3 Å². The third-order valence-corrected chi connectivity index (χ3v) is 8.53. The van der Waals surface area contributed by atoms with E-state index in [9.17, 15) is 8.42 Å². The number of hydrogen-bond donors (Lipinski definition) is 0. The number of anilines is 1. The molecule has 3 aliphatic heterocycles. The fraction of sp³-hybridized carbons (Fsp3) is 0.632. The highest BCUT2D eigenvalue weighted by Crippen LogP contribution is 2.42. The van der Waals surface area contributed by atoms with E-state index >= 15 is 0 Å². The number of aromatic nitrogens is 4. The summed E-state index contributed by atoms with van der Waals surface area (Å²) in [6, 6.07) is 2.07. The molecular formula is C19H26N6O2S. The molecule has 2 aromatic heterocycles. The summed E-state index contributed by atoms with van der Waals surface area (Å²) in [6.07, 6.45) is 4.97. The van der Waals surface area contributed by atoms with Gasteiger partial charge in [-0.05, 0) is 40.0 Å². The number of aryl methyl sites for hydroxylation is 2. The number of piperazine rings is 1. The van der Waals surface area contributed by atoms with Gasteiger partial charge >= 0.3 is 0 Å². The minimum atomic E-state index is -3.54. The SMILES string of the molecule is CCn1nc(C)c(S(=O)(=O)N2C3CC2CN(c2cc(C4CC4)ncn2)C3)c1C. The monoisotopic (exact) mass is 402 g/mol. The van der Waals surface area contributed by atoms with Crippen LogP contribution in [0.25, 0.3) is 0 Å². The maximum absolute atomic E-state index is 13.4. The standard InChI is InChI=1S/C19H26N6O2S/c1-4-24-13(3)19(12(2)22-24)28(26,27)25-15-7-16(25)10-23(9-15)18-8-17(14-5-6-14)20-11-21-18/h8,11,14-16H,4-7,9-10H2,1-3H3. The summed E-state index contributed by atoms with van der Waals surface area (Å²) in [5.41, 5.74) is 2.43. The summed E-state index contributed by atoms with van der Waals surface area (Å²) >= 11 is 0. The maximum Gasteiger partial charge on any atom is 0.247 e. The Bertz CT molecular complexity index is 1020. The molecule has 1 aliphatic carbocycles. The topological polar surface area (TPSA) is 84.2 Å². The Kier molecular flexibility index (Phi) is 4.03. The van der Waals surface area contributed by atoms with Crippen LogP contribution >= 0.6 is 0 Å². The molecule has 1 saturated carbocycles. The lowest BCUT2D eigenvalue weighted by atomic mass is 9.91. The van der Waals surface area contributed by atoms with E-state index < -0.39 is 10.0 Å². The largest absolute Gasteiger partial charge is 0.353 e. The van der Waals surface area contributed by atoms with Gasteiger partial charge in [0.05, 0.1) is 11.4 Å². The molecule has 28 heavy (non-hydrogen) atoms. The van der Waals surface area contributed by atoms with E-state index in [4.69, 9.17) is 0 Å². The molecule has 0 aromatic carbocycles. The summed E-state index contributed by atoms with van der Waals surface area (Å²) in [5.74, 6) is 1.51. The summed E-state index contributed by atoms with van der Waals surface area (Å²) in [6.45, 7) is 7.63. The van der Waals surface area contributed by atoms with Crippen LogP contribution in [-0.2, 0) is 16.6 Å². The van der Waals surface area contributed by atoms with Crippen LogP contribution in [0.5, 0.6) is 0 Å². The third-order valence-electron chi connectivity index (χ3n) is 6.27. The summed E-state index contributed by atoms with van der Waals surface area (Å²) in [5, 5.41) is 4.41. The van der Waals surface area contributed by atoms with E-state index in [0.717, 1.165) is 23.6 Å². The number of fused-ring (bicyclic) bond motifs is 2. The summed E-state index contributed by atoms with van der Waals surface area (Å²) in [7, 11) is -3.54. The molecule has 2 unspecified atom stereocenters. The second kappa shape index (κ2) is 6.25. The lowest BCUT2D eigenvalue weighted by Crippen LogP contribution is -2.70. The zero-order valence-corrected chi connectivity index (χ0v) is 17.4. The fourth-order valence-electron chi connectivity index (χ4n) is 4.76. The molecule has 2 atom stereocenters. The summed E-state index contributed by atoms with van der Waals surface area (Å²) in [4.78, 5) is 11.4. The Morgan fingerprint density at radius 2 is 1.86 bits per heavy atom. The van der Waals surface area contributed by atoms with Crippen LogP contribution in [0.3, 0.4) is 0 Å². The smallest absolute Gasteiger partial charge is 0.247 e. The predicted molar refractivity (Wildman–Crippen MR) is 105 cm³/mol. The van der Waals surface area contributed by atoms with Crippen LogP contribution in [0, 0.1) is 13.8 Å². The lowest BCUT2D eigenvalue weighted by Gasteiger charge is -2.55. The molecule has 4 fully saturated rings. The van der Waals surface area contributed by atoms with Gasteiger partial charge in [0.25, 0.3) is 0 Å². The second-order valence-corrected chi connectivity index (χ2v) is 9.95. The van der Waals surface area contributed by atoms with Gasteiger partial charge in [-0.2, -0.15) is 9.40 Å². The Balaban J connectivity index is 1.39. The van der Waals surface area contributed by atoms with Gasteiger partial charge in [-0.15, -0.1) is 0 Å². The van der Waals surface area contributed by atoms with Gasteiger partial charge in [0.15, 0.2) is 0 Å². The molecule has 8 nitrogen and oxygen atoms in total. The first kappa shape index (κ1) is 18.1. The molecule has 0 radical (unpaired) electrons. The highest BCUT2D eigenvalue weighted by molar-refractivity contribution is 7.89. The molecule has 0 spiro atoms. The van der Waals surface area contributed by atoms with Crippen molar-refractivity contribution in [2.45, 2.75) is 69.5 Å². The third kappa shape index (κ3) is 2.67. The van der Waals surface area contributed by atoms with E-state index in [1.807, 2.05) is 13.8 Å². The average molecular weight is 403 g/mol. The number of rotatable bonds is 5. The zero-order chi connectivity index (χ0) is 19.6. The van der Waals surface area contributed by atoms with Gasteiger partial charge in [-0.25, -0.2) is 18.4 Å². The Morgan fingerprint density at radius 1 is 1.14 bits per heavy atom. The molecular weight excluding hydrogens is 376 g/mol. The second-order valence-electron chi connectivity index (χ2n) is 8.17. The van der Waals surface area contributed by atoms with E-state index in [0.29, 0.717) is 36.1 Å². The van der Waals surface area contributed by atoms with Gasteiger partial charge in [-0.3, -0.25) is 4.68 Å². The van der Waals surface area contributed by atoms with E-state index in [1.54, 1.807) is 22.2 Å². The lowest BCUT2D eigenvalue weighted by molar-refractivity contribution is 0.0873. The first-order valence-corrected chi connectivity index (χ1v) is 11.5. The van der Waals surface area contributed by atoms with Gasteiger partial charge in [0.2, 0.25) is 10.0 Å². The van der Waals surface area contributed by atoms with Crippen molar-refractivity contribution in [3.63, 3.8) is 0 Å². The number of sulfonamides is 1. The van der Waals surface area contributed by atoms with Crippen molar-refractivity contribution in [2.75, 3.05) is 18.0 Å².